The Morgan fingerprint density at radius 3 is 2.52 bits per heavy atom. The summed E-state index contributed by atoms with van der Waals surface area (Å²) in [6.45, 7) is 2.88. The van der Waals surface area contributed by atoms with Gasteiger partial charge >= 0.3 is 0 Å². The first-order valence-electron chi connectivity index (χ1n) is 11.6. The topological polar surface area (TPSA) is 58.2 Å². The van der Waals surface area contributed by atoms with Crippen molar-refractivity contribution in [3.8, 4) is 0 Å². The maximum absolute atomic E-state index is 13.6. The van der Waals surface area contributed by atoms with E-state index >= 15 is 0 Å². The highest BCUT2D eigenvalue weighted by Gasteiger charge is 2.53. The molecular formula is C25H33BrN2O2S. The van der Waals surface area contributed by atoms with Gasteiger partial charge < -0.3 is 10.6 Å². The van der Waals surface area contributed by atoms with Gasteiger partial charge in [-0.25, -0.2) is 8.42 Å². The summed E-state index contributed by atoms with van der Waals surface area (Å²) >= 11 is 3.52. The zero-order valence-corrected chi connectivity index (χ0v) is 20.6. The molecule has 0 spiro atoms. The van der Waals surface area contributed by atoms with Crippen LogP contribution in [0.15, 0.2) is 57.9 Å². The Morgan fingerprint density at radius 2 is 1.77 bits per heavy atom. The van der Waals surface area contributed by atoms with Gasteiger partial charge in [-0.05, 0) is 61.1 Å². The molecule has 4 nitrogen and oxygen atoms in total. The molecule has 0 aromatic heterocycles. The van der Waals surface area contributed by atoms with Crippen LogP contribution in [0, 0.1) is 0 Å². The number of aryl methyl sites for hydroxylation is 1. The SMILES string of the molecule is CCCCCCc1ccc(S(=O)(=O)[C@@H]2[C@H](NCc3cccc(Br)c3)[C@@H]3CC[C@H]2N3)cc1. The molecule has 0 amide bonds. The van der Waals surface area contributed by atoms with Crippen LogP contribution in [0.2, 0.25) is 0 Å². The van der Waals surface area contributed by atoms with Crippen molar-refractivity contribution in [2.45, 2.75) is 86.7 Å². The number of nitrogens with one attached hydrogen (secondary N) is 2. The highest BCUT2D eigenvalue weighted by molar-refractivity contribution is 9.10. The van der Waals surface area contributed by atoms with Crippen LogP contribution in [0.3, 0.4) is 0 Å². The second-order valence-electron chi connectivity index (χ2n) is 8.96. The van der Waals surface area contributed by atoms with Crippen LogP contribution in [0.4, 0.5) is 0 Å². The van der Waals surface area contributed by atoms with Gasteiger partial charge in [0.1, 0.15) is 0 Å². The molecule has 4 atom stereocenters. The molecule has 0 radical (unpaired) electrons. The zero-order valence-electron chi connectivity index (χ0n) is 18.2. The van der Waals surface area contributed by atoms with Gasteiger partial charge in [-0.2, -0.15) is 0 Å². The quantitative estimate of drug-likeness (QED) is 0.446. The van der Waals surface area contributed by atoms with E-state index in [-0.39, 0.29) is 18.1 Å². The fourth-order valence-electron chi connectivity index (χ4n) is 5.13. The van der Waals surface area contributed by atoms with Gasteiger partial charge in [0.2, 0.25) is 0 Å². The van der Waals surface area contributed by atoms with Crippen LogP contribution in [-0.2, 0) is 22.8 Å². The second-order valence-corrected chi connectivity index (χ2v) is 12.0. The number of hydrogen-bond acceptors (Lipinski definition) is 4. The fourth-order valence-corrected chi connectivity index (χ4v) is 7.73. The maximum Gasteiger partial charge on any atom is 0.184 e. The molecule has 2 aromatic carbocycles. The second kappa shape index (κ2) is 10.2. The Balaban J connectivity index is 1.46. The summed E-state index contributed by atoms with van der Waals surface area (Å²) in [4.78, 5) is 0.457. The Kier molecular flexibility index (Phi) is 7.52. The Labute approximate surface area is 195 Å². The van der Waals surface area contributed by atoms with Gasteiger partial charge in [-0.3, -0.25) is 0 Å². The molecule has 0 unspecified atom stereocenters. The van der Waals surface area contributed by atoms with E-state index in [2.05, 4.69) is 45.6 Å². The zero-order chi connectivity index (χ0) is 21.8. The van der Waals surface area contributed by atoms with Crippen molar-refractivity contribution >= 4 is 25.8 Å². The van der Waals surface area contributed by atoms with Crippen molar-refractivity contribution in [2.24, 2.45) is 0 Å². The predicted octanol–water partition coefficient (Wildman–Crippen LogP) is 5.01. The van der Waals surface area contributed by atoms with E-state index in [1.165, 1.54) is 24.8 Å². The van der Waals surface area contributed by atoms with Crippen molar-refractivity contribution < 1.29 is 8.42 Å². The minimum Gasteiger partial charge on any atom is -0.308 e. The normalized spacial score (nSPS) is 25.2. The molecule has 6 heteroatoms. The van der Waals surface area contributed by atoms with Crippen molar-refractivity contribution in [3.05, 3.63) is 64.1 Å². The number of hydrogen-bond donors (Lipinski definition) is 2. The van der Waals surface area contributed by atoms with Crippen LogP contribution >= 0.6 is 15.9 Å². The maximum atomic E-state index is 13.6. The van der Waals surface area contributed by atoms with Crippen LogP contribution < -0.4 is 10.6 Å². The van der Waals surface area contributed by atoms with Gasteiger partial charge in [0.05, 0.1) is 10.1 Å². The molecule has 4 rings (SSSR count). The average Bonchev–Trinajstić information content (AvgIpc) is 3.38. The molecule has 168 valence electrons. The molecule has 2 N–H and O–H groups in total. The minimum absolute atomic E-state index is 0.0312. The molecular weight excluding hydrogens is 472 g/mol. The number of fused-ring (bicyclic) bond motifs is 2. The lowest BCUT2D eigenvalue weighted by Crippen LogP contribution is -2.50. The van der Waals surface area contributed by atoms with Crippen molar-refractivity contribution in [2.75, 3.05) is 0 Å². The summed E-state index contributed by atoms with van der Waals surface area (Å²) in [5, 5.41) is 6.70. The van der Waals surface area contributed by atoms with E-state index in [1.807, 2.05) is 36.4 Å². The van der Waals surface area contributed by atoms with Crippen LogP contribution in [0.25, 0.3) is 0 Å². The number of benzene rings is 2. The van der Waals surface area contributed by atoms with E-state index in [0.29, 0.717) is 11.4 Å². The van der Waals surface area contributed by atoms with Crippen molar-refractivity contribution in [3.63, 3.8) is 0 Å². The third kappa shape index (κ3) is 5.24. The van der Waals surface area contributed by atoms with Crippen LogP contribution in [-0.4, -0.2) is 31.8 Å². The van der Waals surface area contributed by atoms with Crippen LogP contribution in [0.1, 0.15) is 56.6 Å². The number of halogens is 1. The molecule has 2 bridgehead atoms. The number of rotatable bonds is 10. The van der Waals surface area contributed by atoms with E-state index in [4.69, 9.17) is 0 Å². The first-order chi connectivity index (χ1) is 15.0. The van der Waals surface area contributed by atoms with Crippen LogP contribution in [0.5, 0.6) is 0 Å². The first-order valence-corrected chi connectivity index (χ1v) is 13.9. The van der Waals surface area contributed by atoms with Gasteiger partial charge in [-0.1, -0.05) is 66.4 Å². The van der Waals surface area contributed by atoms with E-state index < -0.39 is 15.1 Å². The van der Waals surface area contributed by atoms with Gasteiger partial charge in [-0.15, -0.1) is 0 Å². The van der Waals surface area contributed by atoms with E-state index in [1.54, 1.807) is 0 Å². The molecule has 2 aromatic rings. The van der Waals surface area contributed by atoms with E-state index in [9.17, 15) is 8.42 Å². The summed E-state index contributed by atoms with van der Waals surface area (Å²) in [6, 6.07) is 16.0. The van der Waals surface area contributed by atoms with Crippen molar-refractivity contribution in [1.29, 1.82) is 0 Å². The third-order valence-corrected chi connectivity index (χ3v) is 9.52. The molecule has 31 heavy (non-hydrogen) atoms. The fraction of sp³-hybridized carbons (Fsp3) is 0.520. The Morgan fingerprint density at radius 1 is 1.00 bits per heavy atom. The lowest BCUT2D eigenvalue weighted by atomic mass is 9.94. The smallest absolute Gasteiger partial charge is 0.184 e. The highest BCUT2D eigenvalue weighted by atomic mass is 79.9. The lowest BCUT2D eigenvalue weighted by molar-refractivity contribution is 0.409. The first kappa shape index (κ1) is 23.0. The summed E-state index contributed by atoms with van der Waals surface area (Å²) in [5.74, 6) is 0. The highest BCUT2D eigenvalue weighted by Crippen LogP contribution is 2.36. The summed E-state index contributed by atoms with van der Waals surface area (Å²) < 4.78 is 28.3. The van der Waals surface area contributed by atoms with Crippen molar-refractivity contribution in [1.82, 2.24) is 10.6 Å². The van der Waals surface area contributed by atoms with E-state index in [0.717, 1.165) is 35.7 Å². The Bertz CT molecular complexity index is 977. The standard InChI is InChI=1S/C25H33BrN2O2S/c1-2-3-4-5-7-18-10-12-21(13-11-18)31(29,30)25-23-15-14-22(28-23)24(25)27-17-19-8-6-9-20(26)16-19/h6,8-13,16,22-25,27-28H,2-5,7,14-15,17H2,1H3/t22-,23+,24+,25-/m0/s1. The summed E-state index contributed by atoms with van der Waals surface area (Å²) in [6.07, 6.45) is 7.87. The summed E-state index contributed by atoms with van der Waals surface area (Å²) in [7, 11) is -3.41. The summed E-state index contributed by atoms with van der Waals surface area (Å²) in [5.41, 5.74) is 2.38. The number of sulfone groups is 1. The molecule has 2 saturated heterocycles. The minimum atomic E-state index is -3.41. The lowest BCUT2D eigenvalue weighted by Gasteiger charge is -2.30. The Hall–Kier alpha value is -1.21. The van der Waals surface area contributed by atoms with Gasteiger partial charge in [0.25, 0.3) is 0 Å². The van der Waals surface area contributed by atoms with Gasteiger partial charge in [0, 0.05) is 29.1 Å². The molecule has 2 aliphatic rings. The predicted molar refractivity (Wildman–Crippen MR) is 130 cm³/mol. The number of unbranched alkanes of at least 4 members (excludes halogenated alkanes) is 3. The van der Waals surface area contributed by atoms with Gasteiger partial charge in [0.15, 0.2) is 9.84 Å². The molecule has 0 aliphatic carbocycles. The molecule has 2 aliphatic heterocycles. The molecule has 0 saturated carbocycles. The largest absolute Gasteiger partial charge is 0.308 e. The molecule has 2 heterocycles. The monoisotopic (exact) mass is 504 g/mol. The third-order valence-electron chi connectivity index (χ3n) is 6.76. The molecule has 2 fully saturated rings. The average molecular weight is 506 g/mol.